The van der Waals surface area contributed by atoms with Crippen LogP contribution in [0.5, 0.6) is 5.75 Å². The molecule has 1 aromatic rings. The average Bonchev–Trinajstić information content (AvgIpc) is 2.83. The molecule has 1 aromatic heterocycles. The predicted octanol–water partition coefficient (Wildman–Crippen LogP) is 1.55. The van der Waals surface area contributed by atoms with Gasteiger partial charge in [-0.3, -0.25) is 0 Å². The second-order valence-corrected chi connectivity index (χ2v) is 5.04. The van der Waals surface area contributed by atoms with Crippen molar-refractivity contribution in [2.75, 3.05) is 27.2 Å². The van der Waals surface area contributed by atoms with Gasteiger partial charge in [0.05, 0.1) is 12.0 Å². The molecule has 15 heavy (non-hydrogen) atoms. The van der Waals surface area contributed by atoms with Crippen molar-refractivity contribution >= 4 is 11.3 Å². The molecule has 0 aliphatic carbocycles. The molecule has 1 aliphatic rings. The van der Waals surface area contributed by atoms with E-state index in [1.165, 1.54) is 17.8 Å². The van der Waals surface area contributed by atoms with Gasteiger partial charge < -0.3 is 15.0 Å². The monoisotopic (exact) mass is 226 g/mol. The zero-order valence-electron chi connectivity index (χ0n) is 9.32. The number of rotatable bonds is 4. The molecule has 2 heterocycles. The lowest BCUT2D eigenvalue weighted by Gasteiger charge is -2.12. The molecule has 1 N–H and O–H groups in total. The van der Waals surface area contributed by atoms with Crippen molar-refractivity contribution in [3.8, 4) is 5.75 Å². The van der Waals surface area contributed by atoms with Gasteiger partial charge in [-0.15, -0.1) is 11.3 Å². The maximum atomic E-state index is 5.28. The highest BCUT2D eigenvalue weighted by Crippen LogP contribution is 2.24. The van der Waals surface area contributed by atoms with Crippen molar-refractivity contribution in [1.29, 1.82) is 0 Å². The van der Waals surface area contributed by atoms with Crippen molar-refractivity contribution in [3.05, 3.63) is 16.3 Å². The molecular weight excluding hydrogens is 208 g/mol. The summed E-state index contributed by atoms with van der Waals surface area (Å²) in [5, 5.41) is 5.66. The van der Waals surface area contributed by atoms with Crippen LogP contribution in [0.2, 0.25) is 0 Å². The van der Waals surface area contributed by atoms with Crippen LogP contribution in [-0.4, -0.2) is 38.2 Å². The minimum atomic E-state index is 0.641. The van der Waals surface area contributed by atoms with Crippen molar-refractivity contribution in [1.82, 2.24) is 10.2 Å². The first-order valence-corrected chi connectivity index (χ1v) is 6.20. The van der Waals surface area contributed by atoms with E-state index in [1.807, 2.05) is 6.07 Å². The Hall–Kier alpha value is -0.580. The summed E-state index contributed by atoms with van der Waals surface area (Å²) in [6.07, 6.45) is 1.25. The summed E-state index contributed by atoms with van der Waals surface area (Å²) < 4.78 is 5.28. The zero-order valence-corrected chi connectivity index (χ0v) is 10.1. The molecule has 3 nitrogen and oxygen atoms in total. The van der Waals surface area contributed by atoms with Crippen LogP contribution in [0.4, 0.5) is 0 Å². The Kier molecular flexibility index (Phi) is 3.61. The van der Waals surface area contributed by atoms with Crippen molar-refractivity contribution in [3.63, 3.8) is 0 Å². The van der Waals surface area contributed by atoms with E-state index in [0.717, 1.165) is 18.8 Å². The Labute approximate surface area is 95.0 Å². The van der Waals surface area contributed by atoms with E-state index in [2.05, 4.69) is 22.6 Å². The van der Waals surface area contributed by atoms with Crippen LogP contribution < -0.4 is 10.1 Å². The quantitative estimate of drug-likeness (QED) is 0.843. The van der Waals surface area contributed by atoms with E-state index in [0.29, 0.717) is 6.04 Å². The van der Waals surface area contributed by atoms with Crippen molar-refractivity contribution in [2.45, 2.75) is 19.0 Å². The summed E-state index contributed by atoms with van der Waals surface area (Å²) in [5.41, 5.74) is 0. The fourth-order valence-electron chi connectivity index (χ4n) is 1.98. The number of hydrogen-bond acceptors (Lipinski definition) is 4. The molecule has 0 radical (unpaired) electrons. The van der Waals surface area contributed by atoms with Crippen LogP contribution in [0.3, 0.4) is 0 Å². The molecule has 1 saturated heterocycles. The molecule has 0 spiro atoms. The van der Waals surface area contributed by atoms with Crippen LogP contribution in [0.15, 0.2) is 11.4 Å². The van der Waals surface area contributed by atoms with E-state index >= 15 is 0 Å². The lowest BCUT2D eigenvalue weighted by molar-refractivity contribution is 0.393. The van der Waals surface area contributed by atoms with Gasteiger partial charge in [0.2, 0.25) is 0 Å². The van der Waals surface area contributed by atoms with Gasteiger partial charge in [-0.2, -0.15) is 0 Å². The fraction of sp³-hybridized carbons (Fsp3) is 0.636. The minimum Gasteiger partial charge on any atom is -0.496 e. The van der Waals surface area contributed by atoms with Crippen LogP contribution >= 0.6 is 11.3 Å². The number of likely N-dealkylation sites (tertiary alicyclic amines) is 1. The van der Waals surface area contributed by atoms with Gasteiger partial charge in [-0.1, -0.05) is 0 Å². The van der Waals surface area contributed by atoms with Crippen molar-refractivity contribution in [2.24, 2.45) is 0 Å². The standard InChI is InChI=1S/C11H18N2OS/c1-13-5-3-9(8-13)12-7-11-10(14-2)4-6-15-11/h4,6,9,12H,3,5,7-8H2,1-2H3. The topological polar surface area (TPSA) is 24.5 Å². The molecule has 0 bridgehead atoms. The Morgan fingerprint density at radius 2 is 2.53 bits per heavy atom. The number of methoxy groups -OCH3 is 1. The van der Waals surface area contributed by atoms with Gasteiger partial charge in [-0.25, -0.2) is 0 Å². The van der Waals surface area contributed by atoms with E-state index < -0.39 is 0 Å². The third-order valence-corrected chi connectivity index (χ3v) is 3.77. The lowest BCUT2D eigenvalue weighted by Crippen LogP contribution is -2.30. The molecule has 4 heteroatoms. The highest BCUT2D eigenvalue weighted by molar-refractivity contribution is 7.10. The highest BCUT2D eigenvalue weighted by Gasteiger charge is 2.19. The smallest absolute Gasteiger partial charge is 0.134 e. The lowest BCUT2D eigenvalue weighted by atomic mass is 10.2. The van der Waals surface area contributed by atoms with E-state index in [9.17, 15) is 0 Å². The fourth-order valence-corrected chi connectivity index (χ4v) is 2.77. The minimum absolute atomic E-state index is 0.641. The van der Waals surface area contributed by atoms with Crippen molar-refractivity contribution < 1.29 is 4.74 Å². The molecule has 1 aliphatic heterocycles. The summed E-state index contributed by atoms with van der Waals surface area (Å²) in [4.78, 5) is 3.66. The highest BCUT2D eigenvalue weighted by atomic mass is 32.1. The molecule has 84 valence electrons. The molecule has 1 fully saturated rings. The van der Waals surface area contributed by atoms with Crippen LogP contribution in [0.1, 0.15) is 11.3 Å². The number of ether oxygens (including phenoxy) is 1. The maximum Gasteiger partial charge on any atom is 0.134 e. The second kappa shape index (κ2) is 4.96. The molecule has 1 unspecified atom stereocenters. The predicted molar refractivity (Wildman–Crippen MR) is 63.6 cm³/mol. The average molecular weight is 226 g/mol. The SMILES string of the molecule is COc1ccsc1CNC1CCN(C)C1. The molecule has 0 saturated carbocycles. The zero-order chi connectivity index (χ0) is 10.7. The van der Waals surface area contributed by atoms with Gasteiger partial charge in [0.15, 0.2) is 0 Å². The maximum absolute atomic E-state index is 5.28. The van der Waals surface area contributed by atoms with Gasteiger partial charge >= 0.3 is 0 Å². The van der Waals surface area contributed by atoms with E-state index in [-0.39, 0.29) is 0 Å². The van der Waals surface area contributed by atoms with E-state index in [1.54, 1.807) is 18.4 Å². The third kappa shape index (κ3) is 2.71. The second-order valence-electron chi connectivity index (χ2n) is 4.04. The number of thiophene rings is 1. The van der Waals surface area contributed by atoms with Gasteiger partial charge in [-0.05, 0) is 31.5 Å². The van der Waals surface area contributed by atoms with Gasteiger partial charge in [0.1, 0.15) is 5.75 Å². The van der Waals surface area contributed by atoms with Crippen LogP contribution in [0, 0.1) is 0 Å². The summed E-state index contributed by atoms with van der Waals surface area (Å²) in [7, 11) is 3.91. The Morgan fingerprint density at radius 1 is 1.67 bits per heavy atom. The normalized spacial score (nSPS) is 22.1. The number of hydrogen-bond donors (Lipinski definition) is 1. The Balaban J connectivity index is 1.83. The largest absolute Gasteiger partial charge is 0.496 e. The first kappa shape index (κ1) is 10.9. The summed E-state index contributed by atoms with van der Waals surface area (Å²) >= 11 is 1.76. The first-order chi connectivity index (χ1) is 7.29. The molecule has 0 aromatic carbocycles. The van der Waals surface area contributed by atoms with E-state index in [4.69, 9.17) is 4.74 Å². The number of nitrogens with one attached hydrogen (secondary N) is 1. The summed E-state index contributed by atoms with van der Waals surface area (Å²) in [5.74, 6) is 1.01. The summed E-state index contributed by atoms with van der Waals surface area (Å²) in [6.45, 7) is 3.30. The number of likely N-dealkylation sites (N-methyl/N-ethyl adjacent to an activating group) is 1. The van der Waals surface area contributed by atoms with Gasteiger partial charge in [0.25, 0.3) is 0 Å². The number of nitrogens with zero attached hydrogens (tertiary/aromatic N) is 1. The van der Waals surface area contributed by atoms with Crippen LogP contribution in [-0.2, 0) is 6.54 Å². The van der Waals surface area contributed by atoms with Gasteiger partial charge in [0, 0.05) is 19.1 Å². The molecule has 0 amide bonds. The third-order valence-electron chi connectivity index (χ3n) is 2.87. The Morgan fingerprint density at radius 3 is 3.20 bits per heavy atom. The molecular formula is C11H18N2OS. The molecule has 2 rings (SSSR count). The van der Waals surface area contributed by atoms with Crippen LogP contribution in [0.25, 0.3) is 0 Å². The first-order valence-electron chi connectivity index (χ1n) is 5.32. The molecule has 1 atom stereocenters. The Bertz CT molecular complexity index is 313. The summed E-state index contributed by atoms with van der Waals surface area (Å²) in [6, 6.07) is 2.67.